The highest BCUT2D eigenvalue weighted by Gasteiger charge is 1.63. The molecular weight excluding hydrogens is 82.1 g/mol. The Morgan fingerprint density at radius 3 is 2.40 bits per heavy atom. The molecule has 0 atom stereocenters. The fraction of sp³-hybridized carbons (Fsp3) is 0.667. The van der Waals surface area contributed by atoms with E-state index in [9.17, 15) is 0 Å². The molecule has 2 N–H and O–H groups in total. The second-order valence-corrected chi connectivity index (χ2v) is 1.08. The van der Waals surface area contributed by atoms with Gasteiger partial charge >= 0.3 is 0 Å². The molecule has 0 amide bonds. The van der Waals surface area contributed by atoms with Crippen LogP contribution in [0.25, 0.3) is 0 Å². The maximum Gasteiger partial charge on any atom is -0.00344 e. The zero-order valence-corrected chi connectivity index (χ0v) is 3.79. The molecule has 0 aromatic heterocycles. The van der Waals surface area contributed by atoms with E-state index in [2.05, 4.69) is 12.2 Å². The molecule has 2 heteroatoms. The van der Waals surface area contributed by atoms with Gasteiger partial charge < -0.3 is 5.73 Å². The Hall–Kier alpha value is 0.0500. The zero-order valence-electron chi connectivity index (χ0n) is 2.98. The van der Waals surface area contributed by atoms with Crippen LogP contribution in [0.3, 0.4) is 0 Å². The first-order valence-electron chi connectivity index (χ1n) is 1.55. The van der Waals surface area contributed by atoms with E-state index < -0.39 is 0 Å². The number of hydrogen-bond donors (Lipinski definition) is 1. The molecule has 30 valence electrons. The van der Waals surface area contributed by atoms with Crippen molar-refractivity contribution in [1.29, 1.82) is 0 Å². The largest absolute Gasteiger partial charge is 0.330 e. The smallest absolute Gasteiger partial charge is 0.00344 e. The van der Waals surface area contributed by atoms with E-state index in [4.69, 9.17) is 5.73 Å². The van der Waals surface area contributed by atoms with Gasteiger partial charge in [0.1, 0.15) is 0 Å². The topological polar surface area (TPSA) is 26.0 Å². The minimum Gasteiger partial charge on any atom is -0.330 e. The zero-order chi connectivity index (χ0) is 4.12. The van der Waals surface area contributed by atoms with Gasteiger partial charge in [0.25, 0.3) is 0 Å². The van der Waals surface area contributed by atoms with Crippen LogP contribution in [0.4, 0.5) is 0 Å². The van der Waals surface area contributed by atoms with Crippen LogP contribution in [0.1, 0.15) is 6.42 Å². The third-order valence-electron chi connectivity index (χ3n) is 0.285. The molecule has 0 heterocycles. The van der Waals surface area contributed by atoms with Crippen molar-refractivity contribution in [2.75, 3.05) is 6.54 Å². The second kappa shape index (κ2) is 4.05. The molecule has 0 fully saturated rings. The van der Waals surface area contributed by atoms with Crippen molar-refractivity contribution in [2.45, 2.75) is 6.42 Å². The molecule has 0 rings (SSSR count). The quantitative estimate of drug-likeness (QED) is 0.493. The van der Waals surface area contributed by atoms with Gasteiger partial charge in [-0.25, -0.2) is 0 Å². The summed E-state index contributed by atoms with van der Waals surface area (Å²) in [4.78, 5) is 0. The van der Waals surface area contributed by atoms with Gasteiger partial charge in [-0.05, 0) is 18.3 Å². The Balaban J connectivity index is 2.40. The van der Waals surface area contributed by atoms with E-state index in [0.29, 0.717) is 6.54 Å². The van der Waals surface area contributed by atoms with Crippen LogP contribution in [0, 0.1) is 0 Å². The summed E-state index contributed by atoms with van der Waals surface area (Å²) in [6.45, 7) is 0.684. The highest BCUT2D eigenvalue weighted by Crippen LogP contribution is 1.60. The maximum atomic E-state index is 5.04. The molecule has 0 bridgehead atoms. The summed E-state index contributed by atoms with van der Waals surface area (Å²) in [5.41, 5.74) is 5.04. The lowest BCUT2D eigenvalue weighted by atomic mass is 10.5. The summed E-state index contributed by atoms with van der Waals surface area (Å²) in [5, 5.41) is 1.64. The van der Waals surface area contributed by atoms with Crippen LogP contribution < -0.4 is 5.73 Å². The number of rotatable bonds is 2. The van der Waals surface area contributed by atoms with E-state index in [1.54, 1.807) is 5.37 Å². The number of nitrogens with two attached hydrogens (primary N) is 1. The second-order valence-electron chi connectivity index (χ2n) is 0.744. The van der Waals surface area contributed by atoms with Crippen molar-refractivity contribution in [1.82, 2.24) is 0 Å². The molecule has 0 aromatic rings. The van der Waals surface area contributed by atoms with Gasteiger partial charge in [-0.15, -0.1) is 0 Å². The van der Waals surface area contributed by atoms with Gasteiger partial charge in [0, 0.05) is 0 Å². The fourth-order valence-electron chi connectivity index (χ4n) is 0.0680. The minimum atomic E-state index is 0.684. The molecule has 5 heavy (non-hydrogen) atoms. The summed E-state index contributed by atoms with van der Waals surface area (Å²) in [6, 6.07) is 0. The highest BCUT2D eigenvalue weighted by molar-refractivity contribution is 7.78. The third kappa shape index (κ3) is 4.05. The molecule has 0 aliphatic carbocycles. The van der Waals surface area contributed by atoms with E-state index in [1.807, 2.05) is 0 Å². The summed E-state index contributed by atoms with van der Waals surface area (Å²) in [7, 11) is 0. The molecule has 1 nitrogen and oxygen atoms in total. The normalized spacial score (nSPS) is 7.40. The minimum absolute atomic E-state index is 0.684. The van der Waals surface area contributed by atoms with Gasteiger partial charge in [0.15, 0.2) is 0 Å². The van der Waals surface area contributed by atoms with Crippen molar-refractivity contribution in [2.24, 2.45) is 5.73 Å². The number of thiocarbonyl (C=S) groups is 1. The van der Waals surface area contributed by atoms with Crippen LogP contribution in [0.2, 0.25) is 0 Å². The van der Waals surface area contributed by atoms with Gasteiger partial charge in [-0.2, -0.15) is 0 Å². The van der Waals surface area contributed by atoms with Crippen LogP contribution in [0.5, 0.6) is 0 Å². The summed E-state index contributed by atoms with van der Waals surface area (Å²) in [6.07, 6.45) is 0.856. The van der Waals surface area contributed by atoms with Crippen LogP contribution in [0.15, 0.2) is 0 Å². The first-order valence-corrected chi connectivity index (χ1v) is 2.02. The maximum absolute atomic E-state index is 5.04. The Labute approximate surface area is 37.2 Å². The first-order chi connectivity index (χ1) is 2.41. The van der Waals surface area contributed by atoms with Gasteiger partial charge in [0.2, 0.25) is 0 Å². The van der Waals surface area contributed by atoms with Crippen LogP contribution in [-0.2, 0) is 0 Å². The Morgan fingerprint density at radius 2 is 2.40 bits per heavy atom. The van der Waals surface area contributed by atoms with E-state index in [0.717, 1.165) is 6.42 Å². The van der Waals surface area contributed by atoms with E-state index in [-0.39, 0.29) is 0 Å². The third-order valence-corrected chi connectivity index (χ3v) is 0.520. The lowest BCUT2D eigenvalue weighted by molar-refractivity contribution is 1.07. The molecule has 0 radical (unpaired) electrons. The lowest BCUT2D eigenvalue weighted by Gasteiger charge is -1.72. The Kier molecular flexibility index (Phi) is 4.09. The Bertz CT molecular complexity index is 28.1. The van der Waals surface area contributed by atoms with Crippen LogP contribution >= 0.6 is 12.2 Å². The average Bonchev–Trinajstić information content (AvgIpc) is 1.41. The van der Waals surface area contributed by atoms with Crippen LogP contribution in [-0.4, -0.2) is 11.9 Å². The molecule has 0 saturated carbocycles. The Morgan fingerprint density at radius 1 is 1.80 bits per heavy atom. The van der Waals surface area contributed by atoms with Crippen molar-refractivity contribution >= 4 is 17.6 Å². The van der Waals surface area contributed by atoms with E-state index in [1.165, 1.54) is 0 Å². The standard InChI is InChI=1S/C3H7NS/c4-2-1-3-5/h3H,1-2,4H2. The first kappa shape index (κ1) is 5.05. The predicted octanol–water partition coefficient (Wildman–Crippen LogP) is 0.335. The molecule has 0 aliphatic heterocycles. The van der Waals surface area contributed by atoms with E-state index >= 15 is 0 Å². The van der Waals surface area contributed by atoms with Gasteiger partial charge in [0.05, 0.1) is 0 Å². The molecule has 0 aromatic carbocycles. The molecule has 0 aliphatic rings. The lowest BCUT2D eigenvalue weighted by Crippen LogP contribution is -1.96. The molecule has 0 saturated heterocycles. The van der Waals surface area contributed by atoms with Gasteiger partial charge in [-0.1, -0.05) is 12.2 Å². The molecule has 0 spiro atoms. The summed E-state index contributed by atoms with van der Waals surface area (Å²) >= 11 is 4.45. The van der Waals surface area contributed by atoms with Gasteiger partial charge in [-0.3, -0.25) is 0 Å². The predicted molar refractivity (Wildman–Crippen MR) is 27.3 cm³/mol. The average molecular weight is 89.2 g/mol. The van der Waals surface area contributed by atoms with Crippen molar-refractivity contribution in [3.63, 3.8) is 0 Å². The highest BCUT2D eigenvalue weighted by atomic mass is 32.1. The van der Waals surface area contributed by atoms with Crippen molar-refractivity contribution in [3.05, 3.63) is 0 Å². The fourth-order valence-corrected chi connectivity index (χ4v) is 0.204. The number of hydrogen-bond acceptors (Lipinski definition) is 2. The van der Waals surface area contributed by atoms with Crippen molar-refractivity contribution in [3.8, 4) is 0 Å². The van der Waals surface area contributed by atoms with Crippen molar-refractivity contribution < 1.29 is 0 Å². The molecule has 0 unspecified atom stereocenters. The SMILES string of the molecule is NCCC=S. The summed E-state index contributed by atoms with van der Waals surface area (Å²) < 4.78 is 0. The molecular formula is C3H7NS. The summed E-state index contributed by atoms with van der Waals surface area (Å²) in [5.74, 6) is 0. The monoisotopic (exact) mass is 89.0 g/mol.